The fourth-order valence-corrected chi connectivity index (χ4v) is 4.81. The third kappa shape index (κ3) is 4.99. The summed E-state index contributed by atoms with van der Waals surface area (Å²) in [5, 5.41) is 2.28. The van der Waals surface area contributed by atoms with Crippen LogP contribution in [-0.2, 0) is 16.2 Å². The first-order valence-electron chi connectivity index (χ1n) is 11.0. The molecule has 2 aromatic rings. The van der Waals surface area contributed by atoms with E-state index in [9.17, 15) is 18.8 Å². The Morgan fingerprint density at radius 2 is 1.88 bits per heavy atom. The molecule has 1 aliphatic carbocycles. The van der Waals surface area contributed by atoms with Crippen LogP contribution in [0, 0.1) is 5.82 Å². The van der Waals surface area contributed by atoms with E-state index >= 15 is 0 Å². The maximum absolute atomic E-state index is 13.9. The van der Waals surface area contributed by atoms with Gasteiger partial charge in [-0.1, -0.05) is 37.5 Å². The zero-order chi connectivity index (χ0) is 24.2. The molecule has 0 atom stereocenters. The molecule has 2 aliphatic rings. The number of nitrogens with one attached hydrogen (secondary N) is 1. The molecule has 0 spiro atoms. The van der Waals surface area contributed by atoms with Crippen LogP contribution in [0.1, 0.15) is 43.2 Å². The smallest absolute Gasteiger partial charge is 0.331 e. The molecular weight excluding hydrogens is 507 g/mol. The maximum atomic E-state index is 13.9. The zero-order valence-electron chi connectivity index (χ0n) is 18.6. The van der Waals surface area contributed by atoms with Crippen molar-refractivity contribution in [3.63, 3.8) is 0 Å². The van der Waals surface area contributed by atoms with Gasteiger partial charge in [0.15, 0.2) is 11.5 Å². The SMILES string of the molecule is COc1cc(/C=C2\C(=O)NC(=O)N(C3CCCCC3)C2=O)cc(Br)c1OCc1ccccc1F. The standard InChI is InChI=1S/C25H24BrFN2O5/c1-33-21-13-15(12-19(26)22(21)34-14-16-7-5-6-10-20(16)27)11-18-23(30)28-25(32)29(24(18)31)17-8-3-2-4-9-17/h5-7,10-13,17H,2-4,8-9,14H2,1H3,(H,28,30,32)/b18-11+. The van der Waals surface area contributed by atoms with Gasteiger partial charge in [-0.15, -0.1) is 0 Å². The molecule has 34 heavy (non-hydrogen) atoms. The number of barbiturate groups is 1. The second kappa shape index (κ2) is 10.4. The molecule has 9 heteroatoms. The summed E-state index contributed by atoms with van der Waals surface area (Å²) in [5.41, 5.74) is 0.761. The lowest BCUT2D eigenvalue weighted by atomic mass is 9.93. The molecular formula is C25H24BrFN2O5. The van der Waals surface area contributed by atoms with E-state index in [2.05, 4.69) is 21.2 Å². The molecule has 1 saturated heterocycles. The van der Waals surface area contributed by atoms with E-state index in [1.54, 1.807) is 30.3 Å². The van der Waals surface area contributed by atoms with E-state index in [-0.39, 0.29) is 24.0 Å². The molecule has 1 heterocycles. The van der Waals surface area contributed by atoms with Crippen molar-refractivity contribution in [1.82, 2.24) is 10.2 Å². The quantitative estimate of drug-likeness (QED) is 0.421. The predicted octanol–water partition coefficient (Wildman–Crippen LogP) is 4.97. The fourth-order valence-electron chi connectivity index (χ4n) is 4.24. The van der Waals surface area contributed by atoms with Crippen LogP contribution in [0.3, 0.4) is 0 Å². The molecule has 7 nitrogen and oxygen atoms in total. The van der Waals surface area contributed by atoms with Crippen LogP contribution in [0.2, 0.25) is 0 Å². The molecule has 1 aliphatic heterocycles. The van der Waals surface area contributed by atoms with Crippen molar-refractivity contribution in [2.24, 2.45) is 0 Å². The summed E-state index contributed by atoms with van der Waals surface area (Å²) in [5.74, 6) is -1.03. The number of amides is 4. The van der Waals surface area contributed by atoms with Gasteiger partial charge in [-0.05, 0) is 58.6 Å². The Morgan fingerprint density at radius 3 is 2.59 bits per heavy atom. The normalized spacial score (nSPS) is 18.3. The summed E-state index contributed by atoms with van der Waals surface area (Å²) >= 11 is 3.43. The second-order valence-corrected chi connectivity index (χ2v) is 9.05. The monoisotopic (exact) mass is 530 g/mol. The van der Waals surface area contributed by atoms with Crippen molar-refractivity contribution in [3.8, 4) is 11.5 Å². The van der Waals surface area contributed by atoms with E-state index in [1.807, 2.05) is 0 Å². The van der Waals surface area contributed by atoms with Crippen molar-refractivity contribution in [3.05, 3.63) is 63.4 Å². The Labute approximate surface area is 205 Å². The fraction of sp³-hybridized carbons (Fsp3) is 0.320. The van der Waals surface area contributed by atoms with Crippen molar-refractivity contribution >= 4 is 39.9 Å². The Hall–Kier alpha value is -3.20. The minimum atomic E-state index is -0.739. The third-order valence-corrected chi connectivity index (χ3v) is 6.55. The highest BCUT2D eigenvalue weighted by atomic mass is 79.9. The van der Waals surface area contributed by atoms with Crippen LogP contribution in [0.5, 0.6) is 11.5 Å². The van der Waals surface area contributed by atoms with E-state index in [0.29, 0.717) is 27.1 Å². The lowest BCUT2D eigenvalue weighted by Crippen LogP contribution is -2.58. The van der Waals surface area contributed by atoms with Gasteiger partial charge in [0.2, 0.25) is 0 Å². The van der Waals surface area contributed by atoms with Gasteiger partial charge >= 0.3 is 6.03 Å². The van der Waals surface area contributed by atoms with Gasteiger partial charge in [0.25, 0.3) is 11.8 Å². The molecule has 0 aromatic heterocycles. The van der Waals surface area contributed by atoms with Gasteiger partial charge in [0.1, 0.15) is 18.0 Å². The Bertz CT molecular complexity index is 1160. The molecule has 1 N–H and O–H groups in total. The summed E-state index contributed by atoms with van der Waals surface area (Å²) in [6.45, 7) is -0.0125. The average molecular weight is 531 g/mol. The van der Waals surface area contributed by atoms with Crippen LogP contribution in [-0.4, -0.2) is 35.9 Å². The van der Waals surface area contributed by atoms with E-state index in [1.165, 1.54) is 24.2 Å². The van der Waals surface area contributed by atoms with Gasteiger partial charge in [-0.3, -0.25) is 19.8 Å². The number of methoxy groups -OCH3 is 1. The molecule has 0 bridgehead atoms. The highest BCUT2D eigenvalue weighted by Gasteiger charge is 2.40. The van der Waals surface area contributed by atoms with Crippen LogP contribution < -0.4 is 14.8 Å². The Morgan fingerprint density at radius 1 is 1.15 bits per heavy atom. The molecule has 2 aromatic carbocycles. The number of halogens is 2. The molecule has 4 rings (SSSR count). The molecule has 0 radical (unpaired) electrons. The van der Waals surface area contributed by atoms with Crippen LogP contribution in [0.15, 0.2) is 46.4 Å². The third-order valence-electron chi connectivity index (χ3n) is 5.97. The average Bonchev–Trinajstić information content (AvgIpc) is 2.82. The number of ether oxygens (including phenoxy) is 2. The molecule has 2 fully saturated rings. The lowest BCUT2D eigenvalue weighted by molar-refractivity contribution is -0.132. The van der Waals surface area contributed by atoms with Gasteiger partial charge < -0.3 is 9.47 Å². The highest BCUT2D eigenvalue weighted by molar-refractivity contribution is 9.10. The summed E-state index contributed by atoms with van der Waals surface area (Å²) in [6, 6.07) is 8.68. The number of nitrogens with zero attached hydrogens (tertiary/aromatic N) is 1. The minimum Gasteiger partial charge on any atom is -0.493 e. The summed E-state index contributed by atoms with van der Waals surface area (Å²) in [4.78, 5) is 39.2. The van der Waals surface area contributed by atoms with E-state index < -0.39 is 17.8 Å². The first-order chi connectivity index (χ1) is 16.4. The topological polar surface area (TPSA) is 84.9 Å². The van der Waals surface area contributed by atoms with Gasteiger partial charge in [-0.2, -0.15) is 0 Å². The zero-order valence-corrected chi connectivity index (χ0v) is 20.2. The van der Waals surface area contributed by atoms with Gasteiger partial charge in [0.05, 0.1) is 11.6 Å². The predicted molar refractivity (Wildman–Crippen MR) is 127 cm³/mol. The lowest BCUT2D eigenvalue weighted by Gasteiger charge is -2.35. The van der Waals surface area contributed by atoms with Crippen molar-refractivity contribution in [2.45, 2.75) is 44.8 Å². The van der Waals surface area contributed by atoms with Crippen LogP contribution in [0.25, 0.3) is 6.08 Å². The van der Waals surface area contributed by atoms with Crippen molar-refractivity contribution < 1.29 is 28.2 Å². The van der Waals surface area contributed by atoms with Crippen molar-refractivity contribution in [2.75, 3.05) is 7.11 Å². The largest absolute Gasteiger partial charge is 0.493 e. The van der Waals surface area contributed by atoms with E-state index in [0.717, 1.165) is 32.1 Å². The highest BCUT2D eigenvalue weighted by Crippen LogP contribution is 2.38. The number of benzene rings is 2. The number of urea groups is 1. The number of hydrogen-bond acceptors (Lipinski definition) is 5. The molecule has 1 saturated carbocycles. The van der Waals surface area contributed by atoms with Crippen LogP contribution in [0.4, 0.5) is 9.18 Å². The minimum absolute atomic E-state index is 0.0125. The summed E-state index contributed by atoms with van der Waals surface area (Å²) < 4.78 is 25.7. The summed E-state index contributed by atoms with van der Waals surface area (Å²) in [7, 11) is 1.45. The van der Waals surface area contributed by atoms with Crippen molar-refractivity contribution in [1.29, 1.82) is 0 Å². The maximum Gasteiger partial charge on any atom is 0.331 e. The Kier molecular flexibility index (Phi) is 7.31. The summed E-state index contributed by atoms with van der Waals surface area (Å²) in [6.07, 6.45) is 5.83. The molecule has 4 amide bonds. The number of imide groups is 2. The Balaban J connectivity index is 1.60. The first kappa shape index (κ1) is 23.9. The molecule has 0 unspecified atom stereocenters. The number of carbonyl (C=O) groups is 3. The number of rotatable bonds is 6. The number of carbonyl (C=O) groups excluding carboxylic acids is 3. The molecule has 178 valence electrons. The van der Waals surface area contributed by atoms with Gasteiger partial charge in [0, 0.05) is 11.6 Å². The van der Waals surface area contributed by atoms with Crippen LogP contribution >= 0.6 is 15.9 Å². The van der Waals surface area contributed by atoms with E-state index in [4.69, 9.17) is 9.47 Å². The second-order valence-electron chi connectivity index (χ2n) is 8.20. The van der Waals surface area contributed by atoms with Gasteiger partial charge in [-0.25, -0.2) is 9.18 Å². The number of hydrogen-bond donors (Lipinski definition) is 1. The first-order valence-corrected chi connectivity index (χ1v) is 11.8.